The maximum atomic E-state index is 12.8. The van der Waals surface area contributed by atoms with Gasteiger partial charge in [-0.05, 0) is 124 Å². The Bertz CT molecular complexity index is 1940. The fourth-order valence-electron chi connectivity index (χ4n) is 16.0. The molecule has 8 aliphatic rings. The van der Waals surface area contributed by atoms with Crippen molar-refractivity contribution in [2.75, 3.05) is 26.4 Å². The van der Waals surface area contributed by atoms with Gasteiger partial charge in [0.05, 0.1) is 44.2 Å². The minimum absolute atomic E-state index is 0.0508. The van der Waals surface area contributed by atoms with Crippen LogP contribution in [0.3, 0.4) is 0 Å². The number of aliphatic hydroxyl groups is 14. The number of allylic oxidation sites excluding steroid dienone is 2. The highest BCUT2D eigenvalue weighted by atomic mass is 16.8. The predicted molar refractivity (Wildman–Crippen MR) is 260 cm³/mol. The molecule has 4 saturated heterocycles. The summed E-state index contributed by atoms with van der Waals surface area (Å²) < 4.78 is 48.8. The van der Waals surface area contributed by atoms with Crippen LogP contribution in [0.5, 0.6) is 0 Å². The Kier molecular flexibility index (Phi) is 18.1. The zero-order chi connectivity index (χ0) is 55.1. The van der Waals surface area contributed by atoms with Gasteiger partial charge in [0.15, 0.2) is 25.2 Å². The van der Waals surface area contributed by atoms with E-state index >= 15 is 0 Å². The van der Waals surface area contributed by atoms with Gasteiger partial charge in [-0.25, -0.2) is 0 Å². The van der Waals surface area contributed by atoms with E-state index in [-0.39, 0.29) is 41.1 Å². The molecule has 4 aliphatic carbocycles. The maximum Gasteiger partial charge on any atom is 0.187 e. The third-order valence-electron chi connectivity index (χ3n) is 20.5. The molecule has 0 amide bonds. The molecule has 8 rings (SSSR count). The highest BCUT2D eigenvalue weighted by molar-refractivity contribution is 5.20. The van der Waals surface area contributed by atoms with Crippen LogP contribution in [0, 0.1) is 45.3 Å². The fraction of sp³-hybridized carbons (Fsp3) is 0.962. The Hall–Kier alpha value is -1.14. The quantitative estimate of drug-likeness (QED) is 0.0651. The minimum Gasteiger partial charge on any atom is -0.394 e. The fourth-order valence-corrected chi connectivity index (χ4v) is 16.0. The van der Waals surface area contributed by atoms with Crippen LogP contribution in [0.4, 0.5) is 0 Å². The highest BCUT2D eigenvalue weighted by Gasteiger charge is 2.72. The summed E-state index contributed by atoms with van der Waals surface area (Å²) >= 11 is 0. The number of rotatable bonds is 15. The van der Waals surface area contributed by atoms with Crippen molar-refractivity contribution in [3.05, 3.63) is 11.6 Å². The Labute approximate surface area is 439 Å². The molecule has 25 unspecified atom stereocenters. The van der Waals surface area contributed by atoms with Gasteiger partial charge < -0.3 is 109 Å². The second-order valence-corrected chi connectivity index (χ2v) is 25.3. The highest BCUT2D eigenvalue weighted by Crippen LogP contribution is 2.76. The zero-order valence-electron chi connectivity index (χ0n) is 44.7. The van der Waals surface area contributed by atoms with Crippen LogP contribution in [0.1, 0.15) is 113 Å². The van der Waals surface area contributed by atoms with Crippen LogP contribution in [0.15, 0.2) is 11.6 Å². The zero-order valence-corrected chi connectivity index (χ0v) is 44.7. The molecule has 75 heavy (non-hydrogen) atoms. The average molecular weight is 1080 g/mol. The van der Waals surface area contributed by atoms with E-state index in [2.05, 4.69) is 40.7 Å². The van der Waals surface area contributed by atoms with Gasteiger partial charge in [-0.2, -0.15) is 0 Å². The van der Waals surface area contributed by atoms with Crippen molar-refractivity contribution in [2.45, 2.75) is 248 Å². The second-order valence-electron chi connectivity index (χ2n) is 25.3. The summed E-state index contributed by atoms with van der Waals surface area (Å²) in [5, 5.41) is 151. The molecule has 29 atom stereocenters. The van der Waals surface area contributed by atoms with Crippen molar-refractivity contribution < 1.29 is 109 Å². The van der Waals surface area contributed by atoms with E-state index in [1.54, 1.807) is 0 Å². The van der Waals surface area contributed by atoms with Gasteiger partial charge in [0.2, 0.25) is 0 Å². The normalized spacial score (nSPS) is 52.7. The van der Waals surface area contributed by atoms with Crippen molar-refractivity contribution in [3.63, 3.8) is 0 Å². The summed E-state index contributed by atoms with van der Waals surface area (Å²) in [6.07, 6.45) is -22.6. The number of fused-ring (bicyclic) bond motifs is 5. The largest absolute Gasteiger partial charge is 0.394 e. The SMILES string of the molecule is CC(C)=CCC[C@](C)(OC1OC(COC2OCC(O)C(O)C2O)C(O)C(O)C1O)C1CC[C@]2(C)C1C(O)CC1[C@@]3(C)CCC(OC4OC(CO)C(O)C(O)C4OC4OC(CO)C(O)C(O)C4O)C(C)(C)C3CC[C@]12C. The Morgan fingerprint density at radius 3 is 1.80 bits per heavy atom. The van der Waals surface area contributed by atoms with Crippen LogP contribution in [0.2, 0.25) is 0 Å². The third kappa shape index (κ3) is 10.6. The van der Waals surface area contributed by atoms with Gasteiger partial charge in [0.1, 0.15) is 91.6 Å². The first kappa shape index (κ1) is 60.0. The van der Waals surface area contributed by atoms with Crippen molar-refractivity contribution in [1.82, 2.24) is 0 Å². The third-order valence-corrected chi connectivity index (χ3v) is 20.5. The van der Waals surface area contributed by atoms with Crippen molar-refractivity contribution in [1.29, 1.82) is 0 Å². The maximum absolute atomic E-state index is 12.8. The van der Waals surface area contributed by atoms with E-state index in [0.29, 0.717) is 38.5 Å². The smallest absolute Gasteiger partial charge is 0.187 e. The number of hydrogen-bond donors (Lipinski definition) is 14. The molecule has 0 aromatic carbocycles. The summed E-state index contributed by atoms with van der Waals surface area (Å²) in [6, 6.07) is 0. The van der Waals surface area contributed by atoms with Crippen LogP contribution < -0.4 is 0 Å². The van der Waals surface area contributed by atoms with Gasteiger partial charge in [-0.3, -0.25) is 0 Å². The second kappa shape index (κ2) is 22.7. The summed E-state index contributed by atoms with van der Waals surface area (Å²) in [6.45, 7) is 15.1. The van der Waals surface area contributed by atoms with Crippen LogP contribution in [0.25, 0.3) is 0 Å². The molecular weight excluding hydrogens is 989 g/mol. The summed E-state index contributed by atoms with van der Waals surface area (Å²) in [5.41, 5.74) is -1.48. The molecule has 4 saturated carbocycles. The molecule has 8 fully saturated rings. The Morgan fingerprint density at radius 1 is 0.587 bits per heavy atom. The Morgan fingerprint density at radius 2 is 1.16 bits per heavy atom. The van der Waals surface area contributed by atoms with Crippen molar-refractivity contribution in [3.8, 4) is 0 Å². The van der Waals surface area contributed by atoms with Gasteiger partial charge in [0.25, 0.3) is 0 Å². The first-order valence-electron chi connectivity index (χ1n) is 27.3. The molecule has 22 nitrogen and oxygen atoms in total. The molecule has 0 spiro atoms. The predicted octanol–water partition coefficient (Wildman–Crippen LogP) is -1.56. The number of aliphatic hydroxyl groups excluding tert-OH is 14. The average Bonchev–Trinajstić information content (AvgIpc) is 3.75. The Balaban J connectivity index is 1.01. The lowest BCUT2D eigenvalue weighted by atomic mass is 9.35. The van der Waals surface area contributed by atoms with E-state index in [9.17, 15) is 71.5 Å². The van der Waals surface area contributed by atoms with Crippen molar-refractivity contribution >= 4 is 0 Å². The summed E-state index contributed by atoms with van der Waals surface area (Å²) in [4.78, 5) is 0. The van der Waals surface area contributed by atoms with E-state index in [1.165, 1.54) is 0 Å². The van der Waals surface area contributed by atoms with Crippen LogP contribution in [-0.2, 0) is 37.9 Å². The van der Waals surface area contributed by atoms with Crippen molar-refractivity contribution in [2.24, 2.45) is 45.3 Å². The summed E-state index contributed by atoms with van der Waals surface area (Å²) in [5.74, 6) is -0.395. The van der Waals surface area contributed by atoms with Gasteiger partial charge in [-0.1, -0.05) is 46.3 Å². The van der Waals surface area contributed by atoms with Gasteiger partial charge >= 0.3 is 0 Å². The van der Waals surface area contributed by atoms with Gasteiger partial charge in [0, 0.05) is 0 Å². The van der Waals surface area contributed by atoms with E-state index < -0.39 is 165 Å². The van der Waals surface area contributed by atoms with E-state index in [1.807, 2.05) is 20.8 Å². The van der Waals surface area contributed by atoms with E-state index in [0.717, 1.165) is 24.8 Å². The molecule has 0 radical (unpaired) electrons. The molecule has 0 aromatic heterocycles. The van der Waals surface area contributed by atoms with Crippen LogP contribution in [-0.4, -0.2) is 232 Å². The molecule has 14 N–H and O–H groups in total. The molecule has 22 heteroatoms. The molecule has 434 valence electrons. The molecular formula is C53H90O22. The number of hydrogen-bond acceptors (Lipinski definition) is 22. The lowest BCUT2D eigenvalue weighted by molar-refractivity contribution is -0.378. The number of ether oxygens (including phenoxy) is 8. The summed E-state index contributed by atoms with van der Waals surface area (Å²) in [7, 11) is 0. The minimum atomic E-state index is -1.81. The molecule has 0 aromatic rings. The topological polar surface area (TPSA) is 357 Å². The monoisotopic (exact) mass is 1080 g/mol. The van der Waals surface area contributed by atoms with Gasteiger partial charge in [-0.15, -0.1) is 0 Å². The lowest BCUT2D eigenvalue weighted by Gasteiger charge is -2.71. The molecule has 0 bridgehead atoms. The van der Waals surface area contributed by atoms with Crippen LogP contribution >= 0.6 is 0 Å². The molecule has 4 heterocycles. The first-order valence-corrected chi connectivity index (χ1v) is 27.3. The standard InChI is InChI=1S/C53H90O22/c1-23(2)10-9-14-53(8,75-47-43(67)39(63)37(61)29(72-47)22-69-45-41(65)34(58)26(57)21-68-45)24-11-16-52(7)33(24)25(56)18-31-50(5)15-13-32(49(3,4)30(50)12-17-51(31,52)6)73-48-44(40(64)36(60)28(20-55)71-48)74-46-42(66)38(62)35(59)27(19-54)70-46/h10,24-48,54-67H,9,11-22H2,1-8H3/t24?,25?,26?,27?,28?,29?,30?,31?,32?,33?,34?,35?,36?,37?,38?,39?,40?,41?,42?,43?,44?,45?,46?,47?,48?,50-,51+,52+,53-/m0/s1. The first-order chi connectivity index (χ1) is 35.1. The lowest BCUT2D eigenvalue weighted by Crippen LogP contribution is -2.68. The van der Waals surface area contributed by atoms with E-state index in [4.69, 9.17) is 37.9 Å². The molecule has 4 aliphatic heterocycles.